The van der Waals surface area contributed by atoms with Crippen molar-refractivity contribution in [1.82, 2.24) is 0 Å². The van der Waals surface area contributed by atoms with Gasteiger partial charge < -0.3 is 24.4 Å². The Morgan fingerprint density at radius 3 is 2.58 bits per heavy atom. The summed E-state index contributed by atoms with van der Waals surface area (Å²) in [6.07, 6.45) is 0.988. The smallest absolute Gasteiger partial charge is 0.348 e. The summed E-state index contributed by atoms with van der Waals surface area (Å²) < 4.78 is 17.9. The van der Waals surface area contributed by atoms with Gasteiger partial charge in [-0.2, -0.15) is 0 Å². The molecule has 3 fully saturated rings. The maximum atomic E-state index is 13.1. The van der Waals surface area contributed by atoms with Gasteiger partial charge in [-0.15, -0.1) is 0 Å². The number of ether oxygens (including phenoxy) is 3. The molecule has 0 radical (unpaired) electrons. The molecule has 2 N–H and O–H groups in total. The van der Waals surface area contributed by atoms with Crippen LogP contribution in [-0.4, -0.2) is 58.8 Å². The number of carbonyl (C=O) groups excluding carboxylic acids is 2. The van der Waals surface area contributed by atoms with E-state index in [1.54, 1.807) is 6.92 Å². The predicted molar refractivity (Wildman–Crippen MR) is 123 cm³/mol. The van der Waals surface area contributed by atoms with E-state index >= 15 is 0 Å². The van der Waals surface area contributed by atoms with E-state index in [1.165, 1.54) is 6.92 Å². The second-order valence-electron chi connectivity index (χ2n) is 10.4. The number of hydrogen-bond donors (Lipinski definition) is 2. The predicted octanol–water partition coefficient (Wildman–Crippen LogP) is 3.33. The van der Waals surface area contributed by atoms with Crippen LogP contribution in [0.5, 0.6) is 0 Å². The summed E-state index contributed by atoms with van der Waals surface area (Å²) >= 11 is 0. The van der Waals surface area contributed by atoms with Crippen LogP contribution in [0.3, 0.4) is 0 Å². The molecule has 2 bridgehead atoms. The van der Waals surface area contributed by atoms with E-state index < -0.39 is 35.9 Å². The van der Waals surface area contributed by atoms with Gasteiger partial charge >= 0.3 is 11.9 Å². The van der Waals surface area contributed by atoms with Crippen LogP contribution in [0.2, 0.25) is 0 Å². The Bertz CT molecular complexity index is 777. The lowest BCUT2D eigenvalue weighted by molar-refractivity contribution is -0.195. The highest BCUT2D eigenvalue weighted by molar-refractivity contribution is 5.78. The fraction of sp³-hybridized carbons (Fsp3) is 0.769. The molecular formula is C26H40O7. The van der Waals surface area contributed by atoms with Crippen LogP contribution in [0.15, 0.2) is 24.3 Å². The first kappa shape index (κ1) is 25.9. The molecule has 7 heteroatoms. The average molecular weight is 465 g/mol. The molecule has 3 aliphatic rings. The van der Waals surface area contributed by atoms with Crippen LogP contribution in [0.4, 0.5) is 0 Å². The Labute approximate surface area is 197 Å². The summed E-state index contributed by atoms with van der Waals surface area (Å²) in [6, 6.07) is 0. The monoisotopic (exact) mass is 464 g/mol. The lowest BCUT2D eigenvalue weighted by Crippen LogP contribution is -2.52. The molecule has 0 aromatic heterocycles. The Morgan fingerprint density at radius 2 is 1.97 bits per heavy atom. The van der Waals surface area contributed by atoms with Gasteiger partial charge in [0.2, 0.25) is 0 Å². The summed E-state index contributed by atoms with van der Waals surface area (Å²) in [5.74, 6) is -0.829. The zero-order chi connectivity index (χ0) is 24.5. The molecule has 3 rings (SSSR count). The van der Waals surface area contributed by atoms with Crippen LogP contribution >= 0.6 is 0 Å². The Morgan fingerprint density at radius 1 is 1.27 bits per heavy atom. The summed E-state index contributed by atoms with van der Waals surface area (Å²) in [4.78, 5) is 24.6. The minimum Gasteiger partial charge on any atom is -0.454 e. The standard InChI is InChI=1S/C26H40O7/c1-7-20(31-17(5)28)25(30)33-26(6)11-10-19(29)15(3)12-21-22-14(2)8-9-18(16(4)13-27)23(22)24(26)32-21/h16,18-24,27,29H,2-3,7-13H2,1,4-6H3/t16?,18-,19+,20?,21-,22-,23-,24-,26-/m1/s1. The maximum Gasteiger partial charge on any atom is 0.348 e. The highest BCUT2D eigenvalue weighted by Gasteiger charge is 2.59. The molecule has 9 atom stereocenters. The van der Waals surface area contributed by atoms with Gasteiger partial charge in [0.15, 0.2) is 6.10 Å². The Kier molecular flexibility index (Phi) is 8.07. The number of fused-ring (bicyclic) bond motifs is 5. The second-order valence-corrected chi connectivity index (χ2v) is 10.4. The fourth-order valence-corrected chi connectivity index (χ4v) is 6.13. The largest absolute Gasteiger partial charge is 0.454 e. The molecular weight excluding hydrogens is 424 g/mol. The van der Waals surface area contributed by atoms with E-state index in [-0.39, 0.29) is 36.4 Å². The van der Waals surface area contributed by atoms with Crippen molar-refractivity contribution in [2.24, 2.45) is 23.7 Å². The summed E-state index contributed by atoms with van der Waals surface area (Å²) in [5, 5.41) is 20.7. The number of aliphatic hydroxyl groups is 2. The third kappa shape index (κ3) is 5.20. The van der Waals surface area contributed by atoms with Crippen molar-refractivity contribution in [3.63, 3.8) is 0 Å². The van der Waals surface area contributed by atoms with E-state index in [0.29, 0.717) is 31.3 Å². The van der Waals surface area contributed by atoms with Crippen molar-refractivity contribution < 1.29 is 34.0 Å². The molecule has 0 aromatic rings. The van der Waals surface area contributed by atoms with Crippen molar-refractivity contribution in [2.45, 2.75) is 96.2 Å². The lowest BCUT2D eigenvalue weighted by Gasteiger charge is -2.45. The van der Waals surface area contributed by atoms with Crippen molar-refractivity contribution in [3.05, 3.63) is 24.3 Å². The van der Waals surface area contributed by atoms with Gasteiger partial charge in [0.05, 0.1) is 12.2 Å². The number of esters is 2. The van der Waals surface area contributed by atoms with E-state index in [9.17, 15) is 19.8 Å². The topological polar surface area (TPSA) is 102 Å². The number of hydrogen-bond acceptors (Lipinski definition) is 7. The van der Waals surface area contributed by atoms with Crippen molar-refractivity contribution >= 4 is 11.9 Å². The maximum absolute atomic E-state index is 13.1. The molecule has 2 saturated heterocycles. The molecule has 7 nitrogen and oxygen atoms in total. The summed E-state index contributed by atoms with van der Waals surface area (Å²) in [5.41, 5.74) is 0.780. The fourth-order valence-electron chi connectivity index (χ4n) is 6.13. The quantitative estimate of drug-likeness (QED) is 0.459. The first-order chi connectivity index (χ1) is 15.5. The van der Waals surface area contributed by atoms with Crippen molar-refractivity contribution in [2.75, 3.05) is 6.61 Å². The van der Waals surface area contributed by atoms with Gasteiger partial charge in [-0.05, 0) is 62.9 Å². The zero-order valence-electron chi connectivity index (χ0n) is 20.4. The third-order valence-corrected chi connectivity index (χ3v) is 8.00. The van der Waals surface area contributed by atoms with E-state index in [0.717, 1.165) is 18.4 Å². The second kappa shape index (κ2) is 10.3. The SMILES string of the molecule is C=C1CC[C@H](C(C)CO)[C@@H]2[C@H]1[C@H]1CC(=C)[C@@H](O)CC[C@@](C)(OC(=O)C(CC)OC(C)=O)[C@@H]2O1. The molecule has 0 aromatic carbocycles. The molecule has 2 heterocycles. The number of carbonyl (C=O) groups is 2. The number of aliphatic hydroxyl groups excluding tert-OH is 2. The molecule has 0 spiro atoms. The van der Waals surface area contributed by atoms with E-state index in [2.05, 4.69) is 13.2 Å². The average Bonchev–Trinajstić information content (AvgIpc) is 3.16. The van der Waals surface area contributed by atoms with Gasteiger partial charge in [0, 0.05) is 25.4 Å². The van der Waals surface area contributed by atoms with Crippen molar-refractivity contribution in [1.29, 1.82) is 0 Å². The summed E-state index contributed by atoms with van der Waals surface area (Å²) in [7, 11) is 0. The van der Waals surface area contributed by atoms with E-state index in [4.69, 9.17) is 14.2 Å². The van der Waals surface area contributed by atoms with Crippen LogP contribution in [0.25, 0.3) is 0 Å². The van der Waals surface area contributed by atoms with Gasteiger partial charge in [0.1, 0.15) is 11.7 Å². The Hall–Kier alpha value is -1.70. The molecule has 33 heavy (non-hydrogen) atoms. The minimum absolute atomic E-state index is 0.0213. The van der Waals surface area contributed by atoms with Crippen LogP contribution in [0, 0.1) is 23.7 Å². The molecule has 186 valence electrons. The van der Waals surface area contributed by atoms with Gasteiger partial charge in [-0.3, -0.25) is 4.79 Å². The van der Waals surface area contributed by atoms with E-state index in [1.807, 2.05) is 13.8 Å². The van der Waals surface area contributed by atoms with Gasteiger partial charge in [-0.1, -0.05) is 32.6 Å². The van der Waals surface area contributed by atoms with Crippen LogP contribution in [0.1, 0.15) is 66.2 Å². The number of rotatable bonds is 6. The van der Waals surface area contributed by atoms with Crippen LogP contribution in [-0.2, 0) is 23.8 Å². The van der Waals surface area contributed by atoms with Crippen LogP contribution < -0.4 is 0 Å². The third-order valence-electron chi connectivity index (χ3n) is 8.00. The minimum atomic E-state index is -1.04. The van der Waals surface area contributed by atoms with Gasteiger partial charge in [-0.25, -0.2) is 4.79 Å². The molecule has 1 saturated carbocycles. The first-order valence-electron chi connectivity index (χ1n) is 12.2. The van der Waals surface area contributed by atoms with Crippen molar-refractivity contribution in [3.8, 4) is 0 Å². The molecule has 1 aliphatic carbocycles. The Balaban J connectivity index is 2.01. The highest BCUT2D eigenvalue weighted by Crippen LogP contribution is 2.55. The van der Waals surface area contributed by atoms with Gasteiger partial charge in [0.25, 0.3) is 0 Å². The lowest BCUT2D eigenvalue weighted by atomic mass is 9.61. The first-order valence-corrected chi connectivity index (χ1v) is 12.2. The highest BCUT2D eigenvalue weighted by atomic mass is 16.6. The summed E-state index contributed by atoms with van der Waals surface area (Å²) in [6.45, 7) is 15.5. The molecule has 2 unspecified atom stereocenters. The molecule has 0 amide bonds. The molecule has 2 aliphatic heterocycles. The zero-order valence-corrected chi connectivity index (χ0v) is 20.4. The normalized spacial score (nSPS) is 38.4.